The number of carbonyl (C=O) groups excluding carboxylic acids is 2. The molecule has 0 fully saturated rings. The van der Waals surface area contributed by atoms with E-state index in [-0.39, 0.29) is 24.5 Å². The number of anilines is 1. The molecule has 5 nitrogen and oxygen atoms in total. The lowest BCUT2D eigenvalue weighted by Gasteiger charge is -2.00. The molecule has 2 heterocycles. The van der Waals surface area contributed by atoms with Crippen LogP contribution in [-0.2, 0) is 4.79 Å². The summed E-state index contributed by atoms with van der Waals surface area (Å²) in [6, 6.07) is 9.15. The quantitative estimate of drug-likeness (QED) is 0.686. The van der Waals surface area contributed by atoms with Crippen LogP contribution in [0.5, 0.6) is 5.75 Å². The maximum atomic E-state index is 12.0. The summed E-state index contributed by atoms with van der Waals surface area (Å²) in [6.07, 6.45) is 0.348. The highest BCUT2D eigenvalue weighted by Crippen LogP contribution is 2.29. The highest BCUT2D eigenvalue weighted by molar-refractivity contribution is 7.22. The van der Waals surface area contributed by atoms with Gasteiger partial charge >= 0.3 is 0 Å². The Hall–Kier alpha value is -2.25. The smallest absolute Gasteiger partial charge is 0.226 e. The summed E-state index contributed by atoms with van der Waals surface area (Å²) in [5.41, 5.74) is 0.806. The second-order valence-electron chi connectivity index (χ2n) is 4.80. The Balaban J connectivity index is 1.60. The fourth-order valence-electron chi connectivity index (χ4n) is 2.05. The predicted molar refractivity (Wildman–Crippen MR) is 92.7 cm³/mol. The normalized spacial score (nSPS) is 10.7. The highest BCUT2D eigenvalue weighted by atomic mass is 32.1. The number of amides is 1. The summed E-state index contributed by atoms with van der Waals surface area (Å²) < 4.78 is 6.11. The van der Waals surface area contributed by atoms with Crippen LogP contribution in [-0.4, -0.2) is 23.8 Å². The zero-order chi connectivity index (χ0) is 16.2. The van der Waals surface area contributed by atoms with Crippen molar-refractivity contribution in [2.75, 3.05) is 12.4 Å². The number of nitrogens with zero attached hydrogens (tertiary/aromatic N) is 1. The number of carbonyl (C=O) groups is 2. The van der Waals surface area contributed by atoms with Crippen molar-refractivity contribution in [2.24, 2.45) is 0 Å². The molecular formula is C16H14N2O3S2. The van der Waals surface area contributed by atoms with Crippen molar-refractivity contribution < 1.29 is 14.3 Å². The van der Waals surface area contributed by atoms with Gasteiger partial charge in [0.2, 0.25) is 5.91 Å². The maximum Gasteiger partial charge on any atom is 0.226 e. The third-order valence-corrected chi connectivity index (χ3v) is 5.06. The number of hydrogen-bond donors (Lipinski definition) is 1. The molecule has 3 aromatic rings. The van der Waals surface area contributed by atoms with Crippen LogP contribution in [0.15, 0.2) is 35.7 Å². The Labute approximate surface area is 140 Å². The van der Waals surface area contributed by atoms with E-state index in [1.54, 1.807) is 13.2 Å². The van der Waals surface area contributed by atoms with E-state index >= 15 is 0 Å². The molecule has 0 radical (unpaired) electrons. The number of nitrogens with one attached hydrogen (secondary N) is 1. The number of ether oxygens (including phenoxy) is 1. The molecule has 0 spiro atoms. The number of thiophene rings is 1. The monoisotopic (exact) mass is 346 g/mol. The van der Waals surface area contributed by atoms with Crippen LogP contribution in [0.2, 0.25) is 0 Å². The average Bonchev–Trinajstić information content (AvgIpc) is 3.20. The first-order chi connectivity index (χ1) is 11.2. The summed E-state index contributed by atoms with van der Waals surface area (Å²) >= 11 is 2.77. The van der Waals surface area contributed by atoms with Gasteiger partial charge in [0.25, 0.3) is 0 Å². The van der Waals surface area contributed by atoms with Gasteiger partial charge in [0, 0.05) is 12.8 Å². The van der Waals surface area contributed by atoms with Crippen molar-refractivity contribution in [2.45, 2.75) is 12.8 Å². The third kappa shape index (κ3) is 3.75. The first-order valence-corrected chi connectivity index (χ1v) is 8.66. The Morgan fingerprint density at radius 3 is 2.87 bits per heavy atom. The molecule has 0 aliphatic heterocycles. The van der Waals surface area contributed by atoms with Crippen molar-refractivity contribution in [3.05, 3.63) is 40.6 Å². The molecule has 7 heteroatoms. The fraction of sp³-hybridized carbons (Fsp3) is 0.188. The van der Waals surface area contributed by atoms with E-state index in [4.69, 9.17) is 4.74 Å². The van der Waals surface area contributed by atoms with Gasteiger partial charge in [-0.1, -0.05) is 17.4 Å². The molecule has 0 unspecified atom stereocenters. The fourth-order valence-corrected chi connectivity index (χ4v) is 3.66. The van der Waals surface area contributed by atoms with Gasteiger partial charge in [0.15, 0.2) is 10.9 Å². The maximum absolute atomic E-state index is 12.0. The molecule has 1 amide bonds. The van der Waals surface area contributed by atoms with Gasteiger partial charge in [0.05, 0.1) is 22.2 Å². The molecule has 0 aliphatic rings. The van der Waals surface area contributed by atoms with E-state index in [0.29, 0.717) is 10.0 Å². The molecule has 0 bridgehead atoms. The summed E-state index contributed by atoms with van der Waals surface area (Å²) in [4.78, 5) is 28.9. The van der Waals surface area contributed by atoms with Crippen molar-refractivity contribution >= 4 is 49.7 Å². The predicted octanol–water partition coefficient (Wildman–Crippen LogP) is 3.97. The first-order valence-electron chi connectivity index (χ1n) is 6.97. The average molecular weight is 346 g/mol. The Kier molecular flexibility index (Phi) is 4.68. The van der Waals surface area contributed by atoms with Crippen LogP contribution in [0, 0.1) is 0 Å². The lowest BCUT2D eigenvalue weighted by atomic mass is 10.2. The number of Topliss-reactive ketones (excluding diaryl/α,β-unsaturated/α-hetero) is 1. The van der Waals surface area contributed by atoms with Crippen LogP contribution in [0.25, 0.3) is 10.2 Å². The van der Waals surface area contributed by atoms with Crippen LogP contribution >= 0.6 is 22.7 Å². The Bertz CT molecular complexity index is 840. The standard InChI is InChI=1S/C16H14N2O3S2/c1-21-10-4-5-11-14(9-10)23-16(17-11)18-15(20)7-6-12(19)13-3-2-8-22-13/h2-5,8-9H,6-7H2,1H3,(H,17,18,20). The number of fused-ring (bicyclic) bond motifs is 1. The van der Waals surface area contributed by atoms with Crippen LogP contribution in [0.4, 0.5) is 5.13 Å². The summed E-state index contributed by atoms with van der Waals surface area (Å²) in [5.74, 6) is 0.533. The number of methoxy groups -OCH3 is 1. The number of thiazole rings is 1. The zero-order valence-electron chi connectivity index (χ0n) is 12.4. The highest BCUT2D eigenvalue weighted by Gasteiger charge is 2.12. The minimum atomic E-state index is -0.207. The van der Waals surface area contributed by atoms with Gasteiger partial charge < -0.3 is 10.1 Å². The van der Waals surface area contributed by atoms with Crippen molar-refractivity contribution in [1.29, 1.82) is 0 Å². The van der Waals surface area contributed by atoms with E-state index in [1.165, 1.54) is 22.7 Å². The minimum Gasteiger partial charge on any atom is -0.497 e. The van der Waals surface area contributed by atoms with Gasteiger partial charge in [0.1, 0.15) is 5.75 Å². The van der Waals surface area contributed by atoms with Crippen molar-refractivity contribution in [3.63, 3.8) is 0 Å². The lowest BCUT2D eigenvalue weighted by Crippen LogP contribution is -2.12. The Morgan fingerprint density at radius 1 is 1.26 bits per heavy atom. The minimum absolute atomic E-state index is 0.0100. The molecule has 1 aromatic carbocycles. The third-order valence-electron chi connectivity index (χ3n) is 3.22. The number of aromatic nitrogens is 1. The van der Waals surface area contributed by atoms with Gasteiger partial charge in [-0.15, -0.1) is 11.3 Å². The van der Waals surface area contributed by atoms with Crippen molar-refractivity contribution in [3.8, 4) is 5.75 Å². The van der Waals surface area contributed by atoms with Gasteiger partial charge in [-0.3, -0.25) is 9.59 Å². The largest absolute Gasteiger partial charge is 0.497 e. The number of benzene rings is 1. The van der Waals surface area contributed by atoms with Crippen LogP contribution in [0.1, 0.15) is 22.5 Å². The SMILES string of the molecule is COc1ccc2nc(NC(=O)CCC(=O)c3cccs3)sc2c1. The molecule has 3 rings (SSSR count). The van der Waals surface area contributed by atoms with Gasteiger partial charge in [-0.25, -0.2) is 4.98 Å². The summed E-state index contributed by atoms with van der Waals surface area (Å²) in [6.45, 7) is 0. The second-order valence-corrected chi connectivity index (χ2v) is 6.78. The van der Waals surface area contributed by atoms with Gasteiger partial charge in [-0.05, 0) is 29.6 Å². The lowest BCUT2D eigenvalue weighted by molar-refractivity contribution is -0.116. The van der Waals surface area contributed by atoms with Gasteiger partial charge in [-0.2, -0.15) is 0 Å². The molecule has 2 aromatic heterocycles. The molecule has 1 N–H and O–H groups in total. The van der Waals surface area contributed by atoms with Crippen molar-refractivity contribution in [1.82, 2.24) is 4.98 Å². The van der Waals surface area contributed by atoms with E-state index in [0.717, 1.165) is 16.0 Å². The summed E-state index contributed by atoms with van der Waals surface area (Å²) in [7, 11) is 1.61. The molecular weight excluding hydrogens is 332 g/mol. The number of ketones is 1. The molecule has 118 valence electrons. The summed E-state index contributed by atoms with van der Waals surface area (Å²) in [5, 5.41) is 5.13. The molecule has 0 atom stereocenters. The first kappa shape index (κ1) is 15.6. The molecule has 0 saturated heterocycles. The molecule has 0 aliphatic carbocycles. The molecule has 0 saturated carbocycles. The van der Waals surface area contributed by atoms with E-state index in [2.05, 4.69) is 10.3 Å². The van der Waals surface area contributed by atoms with E-state index in [1.807, 2.05) is 29.6 Å². The molecule has 23 heavy (non-hydrogen) atoms. The topological polar surface area (TPSA) is 68.3 Å². The number of hydrogen-bond acceptors (Lipinski definition) is 6. The second kappa shape index (κ2) is 6.89. The van der Waals surface area contributed by atoms with E-state index < -0.39 is 0 Å². The zero-order valence-corrected chi connectivity index (χ0v) is 14.0. The van der Waals surface area contributed by atoms with Crippen LogP contribution in [0.3, 0.4) is 0 Å². The Morgan fingerprint density at radius 2 is 2.13 bits per heavy atom. The van der Waals surface area contributed by atoms with Crippen LogP contribution < -0.4 is 10.1 Å². The van der Waals surface area contributed by atoms with E-state index in [9.17, 15) is 9.59 Å². The number of rotatable bonds is 6.